The molecule has 0 bridgehead atoms. The molecule has 0 radical (unpaired) electrons. The molecule has 10 heteroatoms. The van der Waals surface area contributed by atoms with Crippen LogP contribution in [0.5, 0.6) is 0 Å². The maximum atomic E-state index is 15.0. The van der Waals surface area contributed by atoms with E-state index in [-0.39, 0.29) is 11.6 Å². The van der Waals surface area contributed by atoms with Crippen molar-refractivity contribution >= 4 is 17.5 Å². The molecule has 1 fully saturated rings. The van der Waals surface area contributed by atoms with E-state index in [2.05, 4.69) is 20.9 Å². The Labute approximate surface area is 206 Å². The van der Waals surface area contributed by atoms with Crippen molar-refractivity contribution in [3.05, 3.63) is 83.9 Å². The van der Waals surface area contributed by atoms with Gasteiger partial charge in [-0.2, -0.15) is 8.78 Å². The molecule has 1 aromatic heterocycles. The first kappa shape index (κ1) is 25.2. The van der Waals surface area contributed by atoms with Gasteiger partial charge in [0, 0.05) is 54.9 Å². The number of nitrogens with zero attached hydrogens (tertiary/aromatic N) is 3. The van der Waals surface area contributed by atoms with Gasteiger partial charge in [0.05, 0.1) is 0 Å². The summed E-state index contributed by atoms with van der Waals surface area (Å²) in [6.45, 7) is 2.35. The molecule has 1 unspecified atom stereocenters. The zero-order valence-electron chi connectivity index (χ0n) is 19.6. The number of pyridine rings is 1. The molecular weight excluding hydrogens is 471 g/mol. The molecular formula is C26H26F3N5O2. The van der Waals surface area contributed by atoms with Crippen molar-refractivity contribution in [2.24, 2.45) is 0 Å². The van der Waals surface area contributed by atoms with Gasteiger partial charge in [0.1, 0.15) is 5.82 Å². The van der Waals surface area contributed by atoms with Gasteiger partial charge in [-0.05, 0) is 54.9 Å². The molecule has 2 amide bonds. The molecule has 2 aromatic carbocycles. The number of hydrogen-bond donors (Lipinski definition) is 2. The monoisotopic (exact) mass is 497 g/mol. The quantitative estimate of drug-likeness (QED) is 0.512. The number of rotatable bonds is 6. The summed E-state index contributed by atoms with van der Waals surface area (Å²) in [5.74, 6) is -3.12. The molecule has 188 valence electrons. The zero-order valence-corrected chi connectivity index (χ0v) is 19.6. The fraction of sp³-hybridized carbons (Fsp3) is 0.269. The van der Waals surface area contributed by atoms with Crippen LogP contribution in [-0.4, -0.2) is 60.8 Å². The van der Waals surface area contributed by atoms with E-state index in [1.54, 1.807) is 11.6 Å². The topological polar surface area (TPSA) is 77.6 Å². The minimum Gasteiger partial charge on any atom is -0.366 e. The lowest BCUT2D eigenvalue weighted by molar-refractivity contribution is -0.132. The first-order valence-electron chi connectivity index (χ1n) is 11.4. The zero-order chi connectivity index (χ0) is 25.7. The molecule has 0 saturated carbocycles. The van der Waals surface area contributed by atoms with Gasteiger partial charge in [0.2, 0.25) is 0 Å². The highest BCUT2D eigenvalue weighted by molar-refractivity contribution is 5.95. The average Bonchev–Trinajstić information content (AvgIpc) is 2.89. The van der Waals surface area contributed by atoms with Crippen LogP contribution >= 0.6 is 0 Å². The first-order chi connectivity index (χ1) is 17.3. The summed E-state index contributed by atoms with van der Waals surface area (Å²) >= 11 is 0. The molecule has 0 spiro atoms. The number of hydrazine groups is 1. The van der Waals surface area contributed by atoms with Crippen molar-refractivity contribution in [2.75, 3.05) is 31.6 Å². The number of nitrogens with one attached hydrogen (secondary N) is 2. The number of piperazine rings is 1. The summed E-state index contributed by atoms with van der Waals surface area (Å²) in [5, 5.41) is 0. The summed E-state index contributed by atoms with van der Waals surface area (Å²) < 4.78 is 39.5. The van der Waals surface area contributed by atoms with Gasteiger partial charge in [-0.3, -0.25) is 25.4 Å². The maximum Gasteiger partial charge on any atom is 0.317 e. The Hall–Kier alpha value is -3.92. The second kappa shape index (κ2) is 11.2. The Balaban J connectivity index is 1.51. The minimum atomic E-state index is -3.27. The molecule has 1 atom stereocenters. The molecule has 2 heterocycles. The van der Waals surface area contributed by atoms with Crippen molar-refractivity contribution in [3.63, 3.8) is 0 Å². The largest absolute Gasteiger partial charge is 0.366 e. The van der Waals surface area contributed by atoms with Crippen molar-refractivity contribution in [1.29, 1.82) is 0 Å². The molecule has 4 rings (SSSR count). The molecule has 1 aliphatic rings. The molecule has 0 aliphatic carbocycles. The molecule has 2 N–H and O–H groups in total. The van der Waals surface area contributed by atoms with Gasteiger partial charge in [-0.1, -0.05) is 24.3 Å². The van der Waals surface area contributed by atoms with Crippen LogP contribution in [0.2, 0.25) is 0 Å². The van der Waals surface area contributed by atoms with Gasteiger partial charge >= 0.3 is 12.3 Å². The number of anilines is 1. The Bertz CT molecular complexity index is 1230. The van der Waals surface area contributed by atoms with Crippen molar-refractivity contribution in [1.82, 2.24) is 20.7 Å². The van der Waals surface area contributed by atoms with Crippen molar-refractivity contribution < 1.29 is 22.8 Å². The van der Waals surface area contributed by atoms with Gasteiger partial charge in [0.25, 0.3) is 5.91 Å². The minimum absolute atomic E-state index is 0.0209. The Kier molecular flexibility index (Phi) is 7.84. The van der Waals surface area contributed by atoms with E-state index in [1.807, 2.05) is 49.0 Å². The van der Waals surface area contributed by atoms with Crippen LogP contribution in [0.3, 0.4) is 0 Å². The molecule has 36 heavy (non-hydrogen) atoms. The maximum absolute atomic E-state index is 15.0. The van der Waals surface area contributed by atoms with Crippen LogP contribution < -0.4 is 15.8 Å². The highest BCUT2D eigenvalue weighted by Crippen LogP contribution is 2.28. The van der Waals surface area contributed by atoms with Gasteiger partial charge < -0.3 is 9.80 Å². The summed E-state index contributed by atoms with van der Waals surface area (Å²) in [4.78, 5) is 31.7. The van der Waals surface area contributed by atoms with E-state index in [0.29, 0.717) is 12.0 Å². The van der Waals surface area contributed by atoms with Crippen molar-refractivity contribution in [2.45, 2.75) is 18.9 Å². The SMILES string of the molecule is CN1CCN(c2cccc(-c3cccnc3)c2)C(Cc2ccc(C(=O)NNC(=O)C(F)F)cc2F)C1. The summed E-state index contributed by atoms with van der Waals surface area (Å²) in [6, 6.07) is 16.0. The Morgan fingerprint density at radius 3 is 2.58 bits per heavy atom. The lowest BCUT2D eigenvalue weighted by atomic mass is 9.98. The number of carbonyl (C=O) groups excluding carboxylic acids is 2. The summed E-state index contributed by atoms with van der Waals surface area (Å²) in [7, 11) is 2.02. The van der Waals surface area contributed by atoms with E-state index < -0.39 is 24.1 Å². The third-order valence-electron chi connectivity index (χ3n) is 6.13. The van der Waals surface area contributed by atoms with Gasteiger partial charge in [-0.25, -0.2) is 4.39 Å². The normalized spacial score (nSPS) is 16.1. The summed E-state index contributed by atoms with van der Waals surface area (Å²) in [5.41, 5.74) is 6.87. The Morgan fingerprint density at radius 1 is 1.06 bits per heavy atom. The van der Waals surface area contributed by atoms with E-state index in [1.165, 1.54) is 12.1 Å². The van der Waals surface area contributed by atoms with E-state index in [9.17, 15) is 22.8 Å². The van der Waals surface area contributed by atoms with Crippen LogP contribution in [-0.2, 0) is 11.2 Å². The number of aromatic nitrogens is 1. The number of alkyl halides is 2. The van der Waals surface area contributed by atoms with Crippen LogP contribution in [0.4, 0.5) is 18.9 Å². The first-order valence-corrected chi connectivity index (χ1v) is 11.4. The lowest BCUT2D eigenvalue weighted by Gasteiger charge is -2.42. The predicted molar refractivity (Wildman–Crippen MR) is 130 cm³/mol. The number of amides is 2. The number of carbonyl (C=O) groups is 2. The predicted octanol–water partition coefficient (Wildman–Crippen LogP) is 3.28. The van der Waals surface area contributed by atoms with E-state index in [4.69, 9.17) is 0 Å². The lowest BCUT2D eigenvalue weighted by Crippen LogP contribution is -2.53. The van der Waals surface area contributed by atoms with Crippen LogP contribution in [0.1, 0.15) is 15.9 Å². The fourth-order valence-electron chi connectivity index (χ4n) is 4.28. The summed E-state index contributed by atoms with van der Waals surface area (Å²) in [6.07, 6.45) is 0.669. The van der Waals surface area contributed by atoms with E-state index >= 15 is 0 Å². The molecule has 1 aliphatic heterocycles. The highest BCUT2D eigenvalue weighted by Gasteiger charge is 2.27. The smallest absolute Gasteiger partial charge is 0.317 e. The number of halogens is 3. The molecule has 7 nitrogen and oxygen atoms in total. The number of likely N-dealkylation sites (N-methyl/N-ethyl adjacent to an activating group) is 1. The van der Waals surface area contributed by atoms with Crippen LogP contribution in [0, 0.1) is 5.82 Å². The van der Waals surface area contributed by atoms with E-state index in [0.717, 1.165) is 42.5 Å². The van der Waals surface area contributed by atoms with Gasteiger partial charge in [0.15, 0.2) is 0 Å². The van der Waals surface area contributed by atoms with Crippen LogP contribution in [0.15, 0.2) is 67.0 Å². The second-order valence-electron chi connectivity index (χ2n) is 8.66. The third-order valence-corrected chi connectivity index (χ3v) is 6.13. The average molecular weight is 498 g/mol. The Morgan fingerprint density at radius 2 is 1.86 bits per heavy atom. The molecule has 1 saturated heterocycles. The van der Waals surface area contributed by atoms with Gasteiger partial charge in [-0.15, -0.1) is 0 Å². The standard InChI is InChI=1S/C26H26F3N5O2/c1-33-10-11-34(21-6-2-4-17(12-21)20-5-3-9-30-15-20)22(16-33)13-18-7-8-19(14-23(18)27)25(35)31-32-26(36)24(28)29/h2-9,12,14-15,22,24H,10-11,13,16H2,1H3,(H,31,35)(H,32,36). The van der Waals surface area contributed by atoms with Crippen molar-refractivity contribution in [3.8, 4) is 11.1 Å². The molecule has 3 aromatic rings. The third kappa shape index (κ3) is 6.01. The van der Waals surface area contributed by atoms with Crippen LogP contribution in [0.25, 0.3) is 11.1 Å². The number of hydrogen-bond acceptors (Lipinski definition) is 5. The number of benzene rings is 2. The second-order valence-corrected chi connectivity index (χ2v) is 8.66. The fourth-order valence-corrected chi connectivity index (χ4v) is 4.28. The highest BCUT2D eigenvalue weighted by atomic mass is 19.3.